The molecule has 27 heavy (non-hydrogen) atoms. The zero-order valence-electron chi connectivity index (χ0n) is 13.6. The van der Waals surface area contributed by atoms with Crippen LogP contribution in [0, 0.1) is 5.82 Å². The van der Waals surface area contributed by atoms with E-state index in [1.165, 1.54) is 42.5 Å². The average molecular weight is 413 g/mol. The van der Waals surface area contributed by atoms with Crippen molar-refractivity contribution < 1.29 is 27.5 Å². The highest BCUT2D eigenvalue weighted by molar-refractivity contribution is 7.90. The van der Waals surface area contributed by atoms with Crippen molar-refractivity contribution in [3.8, 4) is 0 Å². The summed E-state index contributed by atoms with van der Waals surface area (Å²) in [5, 5.41) is 11.0. The van der Waals surface area contributed by atoms with Gasteiger partial charge in [0, 0.05) is 10.6 Å². The predicted molar refractivity (Wildman–Crippen MR) is 97.2 cm³/mol. The van der Waals surface area contributed by atoms with Gasteiger partial charge < -0.3 is 10.4 Å². The van der Waals surface area contributed by atoms with Gasteiger partial charge in [-0.1, -0.05) is 23.7 Å². The number of carbonyl (C=O) groups excluding carboxylic acids is 1. The van der Waals surface area contributed by atoms with Gasteiger partial charge in [0.05, 0.1) is 11.4 Å². The maximum Gasteiger partial charge on any atom is 0.404 e. The van der Waals surface area contributed by atoms with Crippen molar-refractivity contribution in [1.29, 1.82) is 0 Å². The molecule has 0 atom stereocenters. The van der Waals surface area contributed by atoms with Crippen LogP contribution in [0.1, 0.15) is 5.56 Å². The van der Waals surface area contributed by atoms with Gasteiger partial charge >= 0.3 is 6.09 Å². The molecule has 0 bridgehead atoms. The number of carboxylic acid groups (broad SMARTS) is 1. The van der Waals surface area contributed by atoms with Gasteiger partial charge in [-0.3, -0.25) is 4.79 Å². The molecule has 0 aliphatic heterocycles. The number of carbonyl (C=O) groups is 2. The smallest absolute Gasteiger partial charge is 0.404 e. The molecule has 0 unspecified atom stereocenters. The molecule has 0 saturated carbocycles. The average Bonchev–Trinajstić information content (AvgIpc) is 2.60. The molecule has 0 spiro atoms. The first kappa shape index (κ1) is 20.4. The summed E-state index contributed by atoms with van der Waals surface area (Å²) >= 11 is 5.71. The third-order valence-electron chi connectivity index (χ3n) is 3.28. The number of sulfonamides is 1. The Hall–Kier alpha value is -2.91. The van der Waals surface area contributed by atoms with E-state index in [0.717, 1.165) is 12.1 Å². The van der Waals surface area contributed by atoms with E-state index in [-0.39, 0.29) is 10.5 Å². The fourth-order valence-corrected chi connectivity index (χ4v) is 3.10. The zero-order valence-corrected chi connectivity index (χ0v) is 15.2. The first-order valence-corrected chi connectivity index (χ1v) is 9.29. The van der Waals surface area contributed by atoms with Crippen LogP contribution in [0.5, 0.6) is 0 Å². The maximum atomic E-state index is 13.0. The molecule has 0 aliphatic rings. The van der Waals surface area contributed by atoms with Crippen LogP contribution < -0.4 is 10.0 Å². The van der Waals surface area contributed by atoms with E-state index in [2.05, 4.69) is 0 Å². The minimum Gasteiger partial charge on any atom is -0.465 e. The van der Waals surface area contributed by atoms with Crippen molar-refractivity contribution in [3.05, 3.63) is 70.5 Å². The van der Waals surface area contributed by atoms with E-state index in [4.69, 9.17) is 16.7 Å². The number of nitrogens with one attached hydrogen (secondary N) is 2. The van der Waals surface area contributed by atoms with Gasteiger partial charge in [-0.2, -0.15) is 0 Å². The number of halogens is 2. The van der Waals surface area contributed by atoms with E-state index in [1.54, 1.807) is 0 Å². The van der Waals surface area contributed by atoms with E-state index in [0.29, 0.717) is 10.6 Å². The van der Waals surface area contributed by atoms with Crippen molar-refractivity contribution in [3.63, 3.8) is 0 Å². The Balaban J connectivity index is 2.28. The first-order chi connectivity index (χ1) is 12.7. The van der Waals surface area contributed by atoms with Crippen LogP contribution in [-0.2, 0) is 14.8 Å². The van der Waals surface area contributed by atoms with Gasteiger partial charge in [0.1, 0.15) is 5.82 Å². The Morgan fingerprint density at radius 3 is 2.22 bits per heavy atom. The standard InChI is InChI=1S/C17H14ClFN2O5S/c18-13-3-7-15(8-4-13)27(25,26)21-16(22)12(10-20-17(23)24)9-11-1-5-14(19)6-2-11/h1-9,20H,10H2,(H,21,22)(H,23,24). The Kier molecular flexibility index (Phi) is 6.54. The minimum atomic E-state index is -4.19. The van der Waals surface area contributed by atoms with Crippen LogP contribution in [0.3, 0.4) is 0 Å². The van der Waals surface area contributed by atoms with Crippen LogP contribution >= 0.6 is 11.6 Å². The second-order valence-electron chi connectivity index (χ2n) is 5.27. The third kappa shape index (κ3) is 6.08. The number of benzene rings is 2. The molecule has 2 aromatic rings. The molecule has 0 saturated heterocycles. The highest BCUT2D eigenvalue weighted by Gasteiger charge is 2.20. The Morgan fingerprint density at radius 2 is 1.67 bits per heavy atom. The topological polar surface area (TPSA) is 113 Å². The van der Waals surface area contributed by atoms with E-state index < -0.39 is 34.4 Å². The molecule has 2 rings (SSSR count). The van der Waals surface area contributed by atoms with Crippen molar-refractivity contribution in [1.82, 2.24) is 10.0 Å². The normalized spacial score (nSPS) is 11.7. The molecule has 0 heterocycles. The van der Waals surface area contributed by atoms with E-state index >= 15 is 0 Å². The summed E-state index contributed by atoms with van der Waals surface area (Å²) in [4.78, 5) is 22.9. The molecule has 0 radical (unpaired) electrons. The summed E-state index contributed by atoms with van der Waals surface area (Å²) in [6, 6.07) is 10.2. The lowest BCUT2D eigenvalue weighted by atomic mass is 10.1. The van der Waals surface area contributed by atoms with Crippen LogP contribution in [0.25, 0.3) is 6.08 Å². The van der Waals surface area contributed by atoms with Gasteiger partial charge in [-0.25, -0.2) is 22.3 Å². The van der Waals surface area contributed by atoms with Gasteiger partial charge in [-0.15, -0.1) is 0 Å². The summed E-state index contributed by atoms with van der Waals surface area (Å²) in [6.07, 6.45) is -0.143. The van der Waals surface area contributed by atoms with Crippen molar-refractivity contribution in [2.75, 3.05) is 6.54 Å². The maximum absolute atomic E-state index is 13.0. The fraction of sp³-hybridized carbons (Fsp3) is 0.0588. The van der Waals surface area contributed by atoms with E-state index in [1.807, 2.05) is 10.0 Å². The zero-order chi connectivity index (χ0) is 20.0. The summed E-state index contributed by atoms with van der Waals surface area (Å²) in [5.41, 5.74) is 0.208. The van der Waals surface area contributed by atoms with Crippen molar-refractivity contribution in [2.24, 2.45) is 0 Å². The number of rotatable bonds is 6. The predicted octanol–water partition coefficient (Wildman–Crippen LogP) is 2.64. The van der Waals surface area contributed by atoms with Crippen LogP contribution in [-0.4, -0.2) is 32.1 Å². The van der Waals surface area contributed by atoms with Crippen molar-refractivity contribution >= 4 is 39.7 Å². The second-order valence-corrected chi connectivity index (χ2v) is 7.39. The molecule has 2 amide bonds. The van der Waals surface area contributed by atoms with Crippen LogP contribution in [0.15, 0.2) is 59.0 Å². The van der Waals surface area contributed by atoms with Crippen LogP contribution in [0.2, 0.25) is 5.02 Å². The molecule has 3 N–H and O–H groups in total. The molecule has 0 aromatic heterocycles. The summed E-state index contributed by atoms with van der Waals surface area (Å²) < 4.78 is 39.5. The summed E-state index contributed by atoms with van der Waals surface area (Å²) in [6.45, 7) is -0.450. The minimum absolute atomic E-state index is 0.179. The Bertz CT molecular complexity index is 973. The largest absolute Gasteiger partial charge is 0.465 e. The summed E-state index contributed by atoms with van der Waals surface area (Å²) in [7, 11) is -4.19. The number of hydrogen-bond acceptors (Lipinski definition) is 4. The van der Waals surface area contributed by atoms with Crippen LogP contribution in [0.4, 0.5) is 9.18 Å². The lowest BCUT2D eigenvalue weighted by Crippen LogP contribution is -2.35. The monoisotopic (exact) mass is 412 g/mol. The highest BCUT2D eigenvalue weighted by Crippen LogP contribution is 2.15. The first-order valence-electron chi connectivity index (χ1n) is 7.43. The Labute approximate surface area is 159 Å². The number of hydrogen-bond donors (Lipinski definition) is 3. The van der Waals surface area contributed by atoms with E-state index in [9.17, 15) is 22.4 Å². The summed E-state index contributed by atoms with van der Waals surface area (Å²) in [5.74, 6) is -1.52. The molecular weight excluding hydrogens is 399 g/mol. The Morgan fingerprint density at radius 1 is 1.07 bits per heavy atom. The lowest BCUT2D eigenvalue weighted by molar-refractivity contribution is -0.115. The van der Waals surface area contributed by atoms with Gasteiger partial charge in [0.15, 0.2) is 0 Å². The molecule has 0 fully saturated rings. The quantitative estimate of drug-likeness (QED) is 0.631. The van der Waals surface area contributed by atoms with Crippen molar-refractivity contribution in [2.45, 2.75) is 4.90 Å². The molecule has 0 aliphatic carbocycles. The molecule has 7 nitrogen and oxygen atoms in total. The van der Waals surface area contributed by atoms with Gasteiger partial charge in [0.2, 0.25) is 0 Å². The fourth-order valence-electron chi connectivity index (χ4n) is 1.99. The molecule has 2 aromatic carbocycles. The highest BCUT2D eigenvalue weighted by atomic mass is 35.5. The lowest BCUT2D eigenvalue weighted by Gasteiger charge is -2.10. The van der Waals surface area contributed by atoms with Gasteiger partial charge in [0.25, 0.3) is 15.9 Å². The second kappa shape index (κ2) is 8.65. The molecule has 10 heteroatoms. The number of amides is 2. The van der Waals surface area contributed by atoms with Gasteiger partial charge in [-0.05, 0) is 48.0 Å². The SMILES string of the molecule is O=C(O)NCC(=Cc1ccc(F)cc1)C(=O)NS(=O)(=O)c1ccc(Cl)cc1. The molecule has 142 valence electrons. The molecular formula is C17H14ClFN2O5S. The third-order valence-corrected chi connectivity index (χ3v) is 4.88.